The number of β-amino-alcohol motifs (C(OH)–C–C–N with tert-alkyl or cyclic N) is 4. The van der Waals surface area contributed by atoms with Gasteiger partial charge in [-0.15, -0.1) is 0 Å². The molecule has 8 aromatic rings. The lowest BCUT2D eigenvalue weighted by atomic mass is 10.0. The normalized spacial score (nSPS) is 15.3. The van der Waals surface area contributed by atoms with Crippen LogP contribution in [0.1, 0.15) is 57.3 Å². The molecule has 4 aliphatic rings. The van der Waals surface area contributed by atoms with E-state index in [0.29, 0.717) is 52.6 Å². The van der Waals surface area contributed by atoms with Gasteiger partial charge in [-0.2, -0.15) is 0 Å². The Morgan fingerprint density at radius 2 is 0.510 bits per heavy atom. The second-order valence-electron chi connectivity index (χ2n) is 26.8. The van der Waals surface area contributed by atoms with Gasteiger partial charge in [-0.3, -0.25) is 14.7 Å². The van der Waals surface area contributed by atoms with E-state index < -0.39 is 24.4 Å². The molecule has 1 fully saturated rings. The van der Waals surface area contributed by atoms with Gasteiger partial charge in [-0.05, 0) is 195 Å². The molecule has 1 saturated heterocycles. The minimum atomic E-state index is -0.485. The van der Waals surface area contributed by atoms with E-state index in [4.69, 9.17) is 37.9 Å². The van der Waals surface area contributed by atoms with Crippen molar-refractivity contribution in [2.24, 2.45) is 0 Å². The van der Waals surface area contributed by atoms with E-state index in [1.54, 1.807) is 28.4 Å². The summed E-state index contributed by atoms with van der Waals surface area (Å²) in [5, 5.41) is 40.9. The largest absolute Gasteiger partial charge is 0.497 e. The molecule has 0 aromatic heterocycles. The second kappa shape index (κ2) is 44.7. The van der Waals surface area contributed by atoms with Gasteiger partial charge >= 0.3 is 0 Å². The van der Waals surface area contributed by atoms with Crippen LogP contribution in [0.5, 0.6) is 46.0 Å². The van der Waals surface area contributed by atoms with Crippen molar-refractivity contribution in [2.75, 3.05) is 133 Å². The third kappa shape index (κ3) is 28.3. The first-order valence-corrected chi connectivity index (χ1v) is 36.9. The third-order valence-corrected chi connectivity index (χ3v) is 18.6. The van der Waals surface area contributed by atoms with E-state index in [1.807, 2.05) is 121 Å². The Bertz CT molecular complexity index is 3370. The molecule has 0 aliphatic carbocycles. The molecule has 16 nitrogen and oxygen atoms in total. The quantitative estimate of drug-likeness (QED) is 0.0274. The number of aryl methyl sites for hydroxylation is 8. The van der Waals surface area contributed by atoms with Crippen LogP contribution in [0.15, 0.2) is 231 Å². The Kier molecular flexibility index (Phi) is 34.0. The Morgan fingerprint density at radius 3 is 0.750 bits per heavy atom. The number of ether oxygens (including phenoxy) is 8. The van der Waals surface area contributed by atoms with E-state index in [2.05, 4.69) is 129 Å². The zero-order valence-corrected chi connectivity index (χ0v) is 61.5. The highest BCUT2D eigenvalue weighted by atomic mass is 16.5. The zero-order valence-electron chi connectivity index (χ0n) is 61.5. The average molecular weight is 1420 g/mol. The Hall–Kier alpha value is -8.94. The Balaban J connectivity index is 0.000000161. The minimum absolute atomic E-state index is 0.312. The maximum atomic E-state index is 10.2. The van der Waals surface area contributed by atoms with Gasteiger partial charge in [0.1, 0.15) is 96.8 Å². The highest BCUT2D eigenvalue weighted by Gasteiger charge is 2.20. The number of hydrogen-bond acceptors (Lipinski definition) is 16. The summed E-state index contributed by atoms with van der Waals surface area (Å²) >= 11 is 0. The number of likely N-dealkylation sites (tertiary alicyclic amines) is 1. The second-order valence-corrected chi connectivity index (χ2v) is 26.8. The summed E-state index contributed by atoms with van der Waals surface area (Å²) < 4.78 is 44.9. The van der Waals surface area contributed by atoms with Gasteiger partial charge in [0.2, 0.25) is 0 Å². The van der Waals surface area contributed by atoms with Gasteiger partial charge in [0, 0.05) is 65.4 Å². The molecular formula is C88H110N4O12. The van der Waals surface area contributed by atoms with E-state index in [1.165, 1.54) is 40.7 Å². The number of aliphatic hydroxyl groups excluding tert-OH is 4. The van der Waals surface area contributed by atoms with Crippen molar-refractivity contribution in [3.05, 3.63) is 275 Å². The Labute approximate surface area is 617 Å². The average Bonchev–Trinajstić information content (AvgIpc) is 1.06. The first-order chi connectivity index (χ1) is 51.0. The number of para-hydroxylation sites is 4. The summed E-state index contributed by atoms with van der Waals surface area (Å²) in [4.78, 5) is 8.90. The topological polar surface area (TPSA) is 168 Å². The minimum Gasteiger partial charge on any atom is -0.497 e. The smallest absolute Gasteiger partial charge is 0.122 e. The third-order valence-electron chi connectivity index (χ3n) is 18.6. The fourth-order valence-electron chi connectivity index (χ4n) is 13.0. The van der Waals surface area contributed by atoms with Gasteiger partial charge in [0.25, 0.3) is 0 Å². The van der Waals surface area contributed by atoms with Gasteiger partial charge in [-0.1, -0.05) is 158 Å². The van der Waals surface area contributed by atoms with Crippen LogP contribution in [0.3, 0.4) is 0 Å². The first kappa shape index (κ1) is 79.2. The monoisotopic (exact) mass is 1410 g/mol. The number of aliphatic hydroxyl groups is 4. The molecule has 8 aromatic carbocycles. The van der Waals surface area contributed by atoms with Crippen molar-refractivity contribution in [1.82, 2.24) is 19.6 Å². The molecule has 4 atom stereocenters. The molecule has 4 N–H and O–H groups in total. The summed E-state index contributed by atoms with van der Waals surface area (Å²) in [5.41, 5.74) is 9.60. The fraction of sp³-hybridized carbons (Fsp3) is 0.386. The molecule has 4 aliphatic heterocycles. The van der Waals surface area contributed by atoms with Crippen LogP contribution < -0.4 is 37.9 Å². The van der Waals surface area contributed by atoms with Crippen molar-refractivity contribution in [3.8, 4) is 46.0 Å². The maximum Gasteiger partial charge on any atom is 0.122 e. The molecule has 0 spiro atoms. The number of benzene rings is 8. The van der Waals surface area contributed by atoms with Crippen LogP contribution in [0, 0.1) is 0 Å². The number of nitrogens with zero attached hydrogens (tertiary/aromatic N) is 4. The van der Waals surface area contributed by atoms with Crippen molar-refractivity contribution in [2.45, 2.75) is 88.6 Å². The molecule has 4 heterocycles. The number of hydrogen-bond donors (Lipinski definition) is 4. The van der Waals surface area contributed by atoms with Gasteiger partial charge in [0.15, 0.2) is 0 Å². The van der Waals surface area contributed by atoms with Crippen LogP contribution in [0.2, 0.25) is 0 Å². The van der Waals surface area contributed by atoms with Gasteiger partial charge in [0.05, 0.1) is 28.4 Å². The summed E-state index contributed by atoms with van der Waals surface area (Å²) in [6.45, 7) is 11.5. The van der Waals surface area contributed by atoms with Crippen LogP contribution in [-0.2, 0) is 51.4 Å². The SMILES string of the molecule is COc1cccc(CCc2ccccc2OCC(O)CN2CC=CC2)c1.COc1cccc(CCc2ccccc2OC[C@@H](O)CN2CC=CC2)c1.COc1cccc(CCc2ccccc2OC[C@H](O)CN2CC=CC2)c1.COc1cccc(CCc2ccccc2OC[C@H](O)CN2CCCC2)c1. The highest BCUT2D eigenvalue weighted by Crippen LogP contribution is 2.27. The molecule has 0 radical (unpaired) electrons. The molecule has 12 rings (SSSR count). The van der Waals surface area contributed by atoms with Crippen molar-refractivity contribution in [1.29, 1.82) is 0 Å². The van der Waals surface area contributed by atoms with Crippen molar-refractivity contribution < 1.29 is 58.3 Å². The molecule has 0 saturated carbocycles. The fourth-order valence-corrected chi connectivity index (χ4v) is 13.0. The molecule has 1 unspecified atom stereocenters. The van der Waals surface area contributed by atoms with Crippen molar-refractivity contribution in [3.63, 3.8) is 0 Å². The molecule has 0 bridgehead atoms. The number of methoxy groups -OCH3 is 4. The lowest BCUT2D eigenvalue weighted by Gasteiger charge is -2.20. The van der Waals surface area contributed by atoms with Crippen LogP contribution >= 0.6 is 0 Å². The van der Waals surface area contributed by atoms with E-state index >= 15 is 0 Å². The summed E-state index contributed by atoms with van der Waals surface area (Å²) in [5.74, 6) is 6.97. The van der Waals surface area contributed by atoms with Crippen LogP contribution in [0.4, 0.5) is 0 Å². The predicted octanol–water partition coefficient (Wildman–Crippen LogP) is 12.6. The highest BCUT2D eigenvalue weighted by molar-refractivity contribution is 5.40. The van der Waals surface area contributed by atoms with Crippen molar-refractivity contribution >= 4 is 0 Å². The van der Waals surface area contributed by atoms with E-state index in [-0.39, 0.29) is 0 Å². The summed E-state index contributed by atoms with van der Waals surface area (Å²) in [6, 6.07) is 64.9. The molecular weight excluding hydrogens is 1300 g/mol. The summed E-state index contributed by atoms with van der Waals surface area (Å²) in [7, 11) is 6.75. The van der Waals surface area contributed by atoms with Crippen LogP contribution in [-0.4, -0.2) is 198 Å². The number of rotatable bonds is 36. The maximum absolute atomic E-state index is 10.2. The predicted molar refractivity (Wildman–Crippen MR) is 416 cm³/mol. The lowest BCUT2D eigenvalue weighted by Crippen LogP contribution is -2.34. The molecule has 16 heteroatoms. The lowest BCUT2D eigenvalue weighted by molar-refractivity contribution is 0.0754. The van der Waals surface area contributed by atoms with E-state index in [9.17, 15) is 20.4 Å². The molecule has 104 heavy (non-hydrogen) atoms. The zero-order chi connectivity index (χ0) is 72.8. The van der Waals surface area contributed by atoms with E-state index in [0.717, 1.165) is 166 Å². The summed E-state index contributed by atoms with van der Waals surface area (Å²) in [6.07, 6.45) is 20.6. The molecule has 0 amide bonds. The van der Waals surface area contributed by atoms with Crippen LogP contribution in [0.25, 0.3) is 0 Å². The van der Waals surface area contributed by atoms with Gasteiger partial charge < -0.3 is 63.2 Å². The molecule has 554 valence electrons. The van der Waals surface area contributed by atoms with Gasteiger partial charge in [-0.25, -0.2) is 0 Å². The standard InChI is InChI=1S/C22H29NO3.3C22H27NO3/c4*1-25-21-9-6-7-18(15-21)11-12-19-8-2-3-10-22(19)26-17-20(24)16-23-13-4-5-14-23/h2-3,6-10,15,20,24H,4-5,11-14,16-17H2,1H3;3*2-10,15,20,24H,11-14,16-17H2,1H3/t3*20-;/m110./s1. The first-order valence-electron chi connectivity index (χ1n) is 36.9. The Morgan fingerprint density at radius 1 is 0.279 bits per heavy atom.